The van der Waals surface area contributed by atoms with Crippen LogP contribution < -0.4 is 5.32 Å². The highest BCUT2D eigenvalue weighted by atomic mass is 19.4. The molecule has 8 nitrogen and oxygen atoms in total. The third kappa shape index (κ3) is 3.34. The van der Waals surface area contributed by atoms with E-state index in [4.69, 9.17) is 15.2 Å². The van der Waals surface area contributed by atoms with Gasteiger partial charge in [-0.1, -0.05) is 0 Å². The molecule has 0 aromatic rings. The van der Waals surface area contributed by atoms with E-state index in [0.29, 0.717) is 18.5 Å². The predicted octanol–water partition coefficient (Wildman–Crippen LogP) is 0.241. The minimum Gasteiger partial charge on any atom is -0.477 e. The number of halogens is 3. The Kier molecular flexibility index (Phi) is 4.85. The molecule has 3 aliphatic rings. The Bertz CT molecular complexity index is 722. The topological polar surface area (TPSA) is 131 Å². The van der Waals surface area contributed by atoms with E-state index in [1.54, 1.807) is 0 Å². The number of nitrogens with one attached hydrogen (secondary N) is 1. The van der Waals surface area contributed by atoms with Crippen LogP contribution in [0.5, 0.6) is 0 Å². The number of nitriles is 1. The summed E-state index contributed by atoms with van der Waals surface area (Å²) in [5, 5.41) is 28.0. The molecule has 3 heterocycles. The number of carbonyl (C=O) groups excluding carboxylic acids is 1. The molecule has 0 spiro atoms. The molecule has 0 aromatic carbocycles. The van der Waals surface area contributed by atoms with Crippen LogP contribution in [0.3, 0.4) is 0 Å². The first-order valence-corrected chi connectivity index (χ1v) is 6.98. The second-order valence-corrected chi connectivity index (χ2v) is 5.49. The Morgan fingerprint density at radius 2 is 1.96 bits per heavy atom. The molecule has 134 valence electrons. The first kappa shape index (κ1) is 18.5. The third-order valence-corrected chi connectivity index (χ3v) is 4.06. The van der Waals surface area contributed by atoms with Crippen molar-refractivity contribution in [3.8, 4) is 6.07 Å². The molecule has 3 atom stereocenters. The van der Waals surface area contributed by atoms with Gasteiger partial charge in [0.05, 0.1) is 12.1 Å². The van der Waals surface area contributed by atoms with Gasteiger partial charge in [-0.25, -0.2) is 9.59 Å². The molecule has 2 fully saturated rings. The summed E-state index contributed by atoms with van der Waals surface area (Å²) in [6.07, 6.45) is -1.74. The van der Waals surface area contributed by atoms with Gasteiger partial charge in [0, 0.05) is 12.6 Å². The summed E-state index contributed by atoms with van der Waals surface area (Å²) in [6, 6.07) is 1.60. The number of amides is 1. The van der Waals surface area contributed by atoms with Crippen molar-refractivity contribution in [2.75, 3.05) is 6.54 Å². The summed E-state index contributed by atoms with van der Waals surface area (Å²) in [6.45, 7) is 0.717. The SMILES string of the molecule is N#C/C=C/C1=C(C(=O)O)N2C(=O)[C@H]3NC[C@@H](C1)[C@H]32.O=C(O)C(F)(F)F. The molecule has 0 aliphatic carbocycles. The zero-order valence-corrected chi connectivity index (χ0v) is 12.4. The van der Waals surface area contributed by atoms with Crippen LogP contribution in [-0.4, -0.2) is 57.8 Å². The van der Waals surface area contributed by atoms with Crippen molar-refractivity contribution >= 4 is 17.8 Å². The minimum atomic E-state index is -5.08. The number of nitrogens with zero attached hydrogens (tertiary/aromatic N) is 2. The van der Waals surface area contributed by atoms with E-state index in [9.17, 15) is 27.9 Å². The highest BCUT2D eigenvalue weighted by Crippen LogP contribution is 2.43. The van der Waals surface area contributed by atoms with Gasteiger partial charge >= 0.3 is 18.1 Å². The van der Waals surface area contributed by atoms with Gasteiger partial charge in [0.2, 0.25) is 5.91 Å². The fourth-order valence-electron chi connectivity index (χ4n) is 3.11. The summed E-state index contributed by atoms with van der Waals surface area (Å²) in [5.74, 6) is -3.80. The predicted molar refractivity (Wildman–Crippen MR) is 73.6 cm³/mol. The second kappa shape index (κ2) is 6.56. The summed E-state index contributed by atoms with van der Waals surface area (Å²) >= 11 is 0. The van der Waals surface area contributed by atoms with Gasteiger partial charge in [-0.05, 0) is 24.0 Å². The Morgan fingerprint density at radius 3 is 2.44 bits per heavy atom. The minimum absolute atomic E-state index is 0.0252. The van der Waals surface area contributed by atoms with E-state index < -0.39 is 18.1 Å². The number of allylic oxidation sites excluding steroid dienone is 3. The van der Waals surface area contributed by atoms with Crippen molar-refractivity contribution in [1.82, 2.24) is 10.2 Å². The van der Waals surface area contributed by atoms with Crippen LogP contribution in [0.4, 0.5) is 13.2 Å². The van der Waals surface area contributed by atoms with Gasteiger partial charge in [-0.15, -0.1) is 0 Å². The van der Waals surface area contributed by atoms with Crippen molar-refractivity contribution < 1.29 is 37.8 Å². The summed E-state index contributed by atoms with van der Waals surface area (Å²) in [5.41, 5.74) is 0.591. The van der Waals surface area contributed by atoms with E-state index in [1.807, 2.05) is 6.07 Å². The van der Waals surface area contributed by atoms with E-state index in [1.165, 1.54) is 17.1 Å². The zero-order chi connectivity index (χ0) is 18.9. The number of carbonyl (C=O) groups is 3. The molecule has 0 bridgehead atoms. The van der Waals surface area contributed by atoms with Crippen molar-refractivity contribution in [2.45, 2.75) is 24.7 Å². The van der Waals surface area contributed by atoms with Gasteiger partial charge < -0.3 is 15.5 Å². The van der Waals surface area contributed by atoms with Gasteiger partial charge in [0.15, 0.2) is 0 Å². The maximum Gasteiger partial charge on any atom is 0.490 e. The van der Waals surface area contributed by atoms with Crippen LogP contribution >= 0.6 is 0 Å². The Labute approximate surface area is 138 Å². The highest BCUT2D eigenvalue weighted by Gasteiger charge is 2.59. The van der Waals surface area contributed by atoms with Crippen LogP contribution in [0, 0.1) is 17.2 Å². The molecule has 0 saturated carbocycles. The fraction of sp³-hybridized carbons (Fsp3) is 0.429. The van der Waals surface area contributed by atoms with Gasteiger partial charge in [0.1, 0.15) is 11.7 Å². The van der Waals surface area contributed by atoms with Crippen LogP contribution in [-0.2, 0) is 14.4 Å². The molecule has 3 N–H and O–H groups in total. The molecule has 0 unspecified atom stereocenters. The Hall–Kier alpha value is -2.87. The van der Waals surface area contributed by atoms with Crippen LogP contribution in [0.2, 0.25) is 0 Å². The molecule has 0 radical (unpaired) electrons. The van der Waals surface area contributed by atoms with E-state index in [0.717, 1.165) is 0 Å². The number of aliphatic carboxylic acids is 2. The van der Waals surface area contributed by atoms with E-state index in [2.05, 4.69) is 5.32 Å². The number of carboxylic acid groups (broad SMARTS) is 2. The van der Waals surface area contributed by atoms with Gasteiger partial charge in [-0.2, -0.15) is 18.4 Å². The molecule has 11 heteroatoms. The molecular weight excluding hydrogens is 347 g/mol. The molecule has 3 rings (SSSR count). The fourth-order valence-corrected chi connectivity index (χ4v) is 3.11. The smallest absolute Gasteiger partial charge is 0.477 e. The number of β-lactam (4-membered cyclic amide) rings is 1. The molecule has 25 heavy (non-hydrogen) atoms. The maximum absolute atomic E-state index is 11.9. The van der Waals surface area contributed by atoms with Crippen molar-refractivity contribution in [1.29, 1.82) is 5.26 Å². The number of rotatable bonds is 2. The summed E-state index contributed by atoms with van der Waals surface area (Å²) in [7, 11) is 0. The van der Waals surface area contributed by atoms with Gasteiger partial charge in [0.25, 0.3) is 0 Å². The molecular formula is C14H12F3N3O5. The number of hydrogen-bond acceptors (Lipinski definition) is 5. The van der Waals surface area contributed by atoms with Crippen molar-refractivity contribution in [2.24, 2.45) is 5.92 Å². The standard InChI is InChI=1S/C12H11N3O3.C2HF3O2/c13-3-1-2-6-4-7-5-14-8-9(7)15(11(8)16)10(6)12(17)18;3-2(4,5)1(6)7/h1-2,7-9,14H,4-5H2,(H,17,18);(H,6,7)/b2-1+;/t7-,8+,9-;/m1./s1. The molecule has 2 saturated heterocycles. The maximum atomic E-state index is 11.9. The molecule has 1 amide bonds. The zero-order valence-electron chi connectivity index (χ0n) is 12.4. The average Bonchev–Trinajstić information content (AvgIpc) is 2.91. The second-order valence-electron chi connectivity index (χ2n) is 5.49. The Morgan fingerprint density at radius 1 is 1.36 bits per heavy atom. The van der Waals surface area contributed by atoms with Crippen molar-refractivity contribution in [3.05, 3.63) is 23.4 Å². The normalized spacial score (nSPS) is 27.2. The first-order chi connectivity index (χ1) is 11.6. The molecule has 0 aromatic heterocycles. The first-order valence-electron chi connectivity index (χ1n) is 6.98. The van der Waals surface area contributed by atoms with E-state index in [-0.39, 0.29) is 29.6 Å². The van der Waals surface area contributed by atoms with Gasteiger partial charge in [-0.3, -0.25) is 9.69 Å². The van der Waals surface area contributed by atoms with Crippen LogP contribution in [0.1, 0.15) is 6.42 Å². The lowest BCUT2D eigenvalue weighted by atomic mass is 9.79. The quantitative estimate of drug-likeness (QED) is 0.475. The summed E-state index contributed by atoms with van der Waals surface area (Å²) in [4.78, 5) is 33.4. The van der Waals surface area contributed by atoms with E-state index >= 15 is 0 Å². The largest absolute Gasteiger partial charge is 0.490 e. The average molecular weight is 359 g/mol. The lowest BCUT2D eigenvalue weighted by Crippen LogP contribution is -2.68. The highest BCUT2D eigenvalue weighted by molar-refractivity contribution is 6.01. The third-order valence-electron chi connectivity index (χ3n) is 4.06. The number of hydrogen-bond donors (Lipinski definition) is 3. The number of alkyl halides is 3. The Balaban J connectivity index is 0.000000277. The molecule has 3 aliphatic heterocycles. The lowest BCUT2D eigenvalue weighted by molar-refractivity contribution is -0.192. The van der Waals surface area contributed by atoms with Crippen LogP contribution in [0.15, 0.2) is 23.4 Å². The number of carboxylic acids is 2. The van der Waals surface area contributed by atoms with Crippen molar-refractivity contribution in [3.63, 3.8) is 0 Å². The summed E-state index contributed by atoms with van der Waals surface area (Å²) < 4.78 is 31.7. The van der Waals surface area contributed by atoms with Crippen LogP contribution in [0.25, 0.3) is 0 Å². The monoisotopic (exact) mass is 359 g/mol. The lowest BCUT2D eigenvalue weighted by Gasteiger charge is -2.48.